The maximum Gasteiger partial charge on any atom is 0.121 e. The number of halogens is 1. The molecule has 0 spiro atoms. The van der Waals surface area contributed by atoms with Crippen LogP contribution < -0.4 is 10.1 Å². The van der Waals surface area contributed by atoms with E-state index < -0.39 is 11.7 Å². The first-order chi connectivity index (χ1) is 9.73. The fraction of sp³-hybridized carbons (Fsp3) is 0.667. The first-order valence-electron chi connectivity index (χ1n) is 7.80. The van der Waals surface area contributed by atoms with E-state index in [9.17, 15) is 4.39 Å². The molecule has 1 aliphatic heterocycles. The molecule has 118 valence electrons. The highest BCUT2D eigenvalue weighted by Crippen LogP contribution is 2.37. The molecule has 0 saturated carbocycles. The fourth-order valence-corrected chi connectivity index (χ4v) is 3.73. The predicted octanol–water partition coefficient (Wildman–Crippen LogP) is 4.13. The summed E-state index contributed by atoms with van der Waals surface area (Å²) in [4.78, 5) is 0. The third kappa shape index (κ3) is 3.97. The Morgan fingerprint density at radius 1 is 1.19 bits per heavy atom. The molecular weight excluding hydrogens is 265 g/mol. The van der Waals surface area contributed by atoms with E-state index in [0.29, 0.717) is 0 Å². The number of benzene rings is 1. The van der Waals surface area contributed by atoms with E-state index in [0.717, 1.165) is 25.0 Å². The van der Waals surface area contributed by atoms with Crippen molar-refractivity contribution in [3.8, 4) is 5.75 Å². The molecular formula is C18H28FNO. The summed E-state index contributed by atoms with van der Waals surface area (Å²) in [6.45, 7) is 8.28. The minimum atomic E-state index is -0.802. The van der Waals surface area contributed by atoms with Crippen molar-refractivity contribution in [2.24, 2.45) is 5.92 Å². The summed E-state index contributed by atoms with van der Waals surface area (Å²) < 4.78 is 19.9. The van der Waals surface area contributed by atoms with E-state index in [1.807, 2.05) is 26.0 Å². The summed E-state index contributed by atoms with van der Waals surface area (Å²) in [6.07, 6.45) is 1.89. The van der Waals surface area contributed by atoms with Crippen LogP contribution in [0.25, 0.3) is 0 Å². The summed E-state index contributed by atoms with van der Waals surface area (Å²) in [5.74, 6) is 0.976. The standard InChI is InChI=1S/C18H28FNO/c1-17(2)12-14(16(19)18(3,4)20-17)9-6-13-7-10-15(21-5)11-8-13/h7-8,10-11,14,16,20H,6,9,12H2,1-5H3/t14-,16-/m1/s1. The van der Waals surface area contributed by atoms with Gasteiger partial charge in [-0.15, -0.1) is 0 Å². The molecule has 1 aromatic carbocycles. The monoisotopic (exact) mass is 293 g/mol. The predicted molar refractivity (Wildman–Crippen MR) is 85.6 cm³/mol. The first kappa shape index (κ1) is 16.3. The highest BCUT2D eigenvalue weighted by Gasteiger charge is 2.45. The summed E-state index contributed by atoms with van der Waals surface area (Å²) in [5.41, 5.74) is 0.792. The summed E-state index contributed by atoms with van der Waals surface area (Å²) in [7, 11) is 1.67. The number of ether oxygens (including phenoxy) is 1. The average Bonchev–Trinajstić information content (AvgIpc) is 2.40. The van der Waals surface area contributed by atoms with E-state index in [1.54, 1.807) is 7.11 Å². The minimum Gasteiger partial charge on any atom is -0.497 e. The van der Waals surface area contributed by atoms with E-state index >= 15 is 0 Å². The van der Waals surface area contributed by atoms with Crippen molar-refractivity contribution in [3.63, 3.8) is 0 Å². The number of rotatable bonds is 4. The summed E-state index contributed by atoms with van der Waals surface area (Å²) >= 11 is 0. The second-order valence-electron chi connectivity index (χ2n) is 7.48. The molecule has 0 radical (unpaired) electrons. The molecule has 0 aromatic heterocycles. The Kier molecular flexibility index (Phi) is 4.62. The molecule has 1 fully saturated rings. The number of hydrogen-bond acceptors (Lipinski definition) is 2. The smallest absolute Gasteiger partial charge is 0.121 e. The molecule has 1 saturated heterocycles. The molecule has 2 atom stereocenters. The first-order valence-corrected chi connectivity index (χ1v) is 7.80. The second kappa shape index (κ2) is 5.96. The molecule has 1 aliphatic rings. The number of nitrogens with one attached hydrogen (secondary N) is 1. The van der Waals surface area contributed by atoms with Crippen LogP contribution in [0.2, 0.25) is 0 Å². The van der Waals surface area contributed by atoms with Crippen molar-refractivity contribution in [1.82, 2.24) is 5.32 Å². The molecule has 0 unspecified atom stereocenters. The van der Waals surface area contributed by atoms with E-state index in [1.165, 1.54) is 5.56 Å². The SMILES string of the molecule is COc1ccc(CC[C@@H]2CC(C)(C)NC(C)(C)[C@@H]2F)cc1. The van der Waals surface area contributed by atoms with E-state index in [4.69, 9.17) is 4.74 Å². The van der Waals surface area contributed by atoms with Crippen LogP contribution in [0.4, 0.5) is 4.39 Å². The van der Waals surface area contributed by atoms with Crippen LogP contribution in [0, 0.1) is 5.92 Å². The second-order valence-corrected chi connectivity index (χ2v) is 7.48. The summed E-state index contributed by atoms with van der Waals surface area (Å²) in [5, 5.41) is 3.43. The Morgan fingerprint density at radius 2 is 1.81 bits per heavy atom. The highest BCUT2D eigenvalue weighted by atomic mass is 19.1. The van der Waals surface area contributed by atoms with Crippen LogP contribution in [0.5, 0.6) is 5.75 Å². The van der Waals surface area contributed by atoms with E-state index in [-0.39, 0.29) is 11.5 Å². The largest absolute Gasteiger partial charge is 0.497 e. The van der Waals surface area contributed by atoms with Gasteiger partial charge in [0.15, 0.2) is 0 Å². The van der Waals surface area contributed by atoms with Gasteiger partial charge in [0.2, 0.25) is 0 Å². The highest BCUT2D eigenvalue weighted by molar-refractivity contribution is 5.27. The molecule has 1 aromatic rings. The zero-order valence-corrected chi connectivity index (χ0v) is 13.9. The van der Waals surface area contributed by atoms with Gasteiger partial charge in [0.1, 0.15) is 11.9 Å². The Morgan fingerprint density at radius 3 is 2.38 bits per heavy atom. The zero-order valence-electron chi connectivity index (χ0n) is 13.9. The van der Waals surface area contributed by atoms with Gasteiger partial charge in [-0.05, 0) is 70.6 Å². The van der Waals surface area contributed by atoms with Crippen molar-refractivity contribution >= 4 is 0 Å². The molecule has 2 rings (SSSR count). The van der Waals surface area contributed by atoms with Gasteiger partial charge >= 0.3 is 0 Å². The van der Waals surface area contributed by atoms with Gasteiger partial charge in [-0.25, -0.2) is 4.39 Å². The lowest BCUT2D eigenvalue weighted by Gasteiger charge is -2.49. The Labute approximate surface area is 128 Å². The number of methoxy groups -OCH3 is 1. The Bertz CT molecular complexity index is 467. The van der Waals surface area contributed by atoms with Gasteiger partial charge in [-0.3, -0.25) is 0 Å². The third-order valence-electron chi connectivity index (χ3n) is 4.50. The third-order valence-corrected chi connectivity index (χ3v) is 4.50. The number of piperidine rings is 1. The molecule has 3 heteroatoms. The lowest BCUT2D eigenvalue weighted by molar-refractivity contribution is 0.0205. The van der Waals surface area contributed by atoms with Crippen LogP contribution in [0.3, 0.4) is 0 Å². The fourth-order valence-electron chi connectivity index (χ4n) is 3.73. The topological polar surface area (TPSA) is 21.3 Å². The van der Waals surface area contributed by atoms with Crippen LogP contribution in [-0.4, -0.2) is 24.4 Å². The van der Waals surface area contributed by atoms with Crippen molar-refractivity contribution in [2.45, 2.75) is 64.2 Å². The van der Waals surface area contributed by atoms with E-state index in [2.05, 4.69) is 31.3 Å². The van der Waals surface area contributed by atoms with Crippen molar-refractivity contribution in [3.05, 3.63) is 29.8 Å². The maximum absolute atomic E-state index is 14.7. The average molecular weight is 293 g/mol. The van der Waals surface area contributed by atoms with Gasteiger partial charge in [0.05, 0.1) is 7.11 Å². The number of hydrogen-bond donors (Lipinski definition) is 1. The number of aryl methyl sites for hydroxylation is 1. The van der Waals surface area contributed by atoms with Crippen LogP contribution in [0.1, 0.15) is 46.1 Å². The summed E-state index contributed by atoms with van der Waals surface area (Å²) in [6, 6.07) is 8.09. The minimum absolute atomic E-state index is 0.00331. The molecule has 0 aliphatic carbocycles. The van der Waals surface area contributed by atoms with Gasteiger partial charge in [-0.2, -0.15) is 0 Å². The van der Waals surface area contributed by atoms with Crippen molar-refractivity contribution in [1.29, 1.82) is 0 Å². The van der Waals surface area contributed by atoms with Crippen molar-refractivity contribution < 1.29 is 9.13 Å². The molecule has 0 bridgehead atoms. The maximum atomic E-state index is 14.7. The molecule has 1 N–H and O–H groups in total. The van der Waals surface area contributed by atoms with Crippen LogP contribution in [0.15, 0.2) is 24.3 Å². The van der Waals surface area contributed by atoms with Gasteiger partial charge < -0.3 is 10.1 Å². The normalized spacial score (nSPS) is 27.3. The number of alkyl halides is 1. The van der Waals surface area contributed by atoms with Crippen molar-refractivity contribution in [2.75, 3.05) is 7.11 Å². The van der Waals surface area contributed by atoms with Crippen LogP contribution in [-0.2, 0) is 6.42 Å². The molecule has 2 nitrogen and oxygen atoms in total. The molecule has 1 heterocycles. The van der Waals surface area contributed by atoms with Gasteiger partial charge in [0.25, 0.3) is 0 Å². The molecule has 21 heavy (non-hydrogen) atoms. The lowest BCUT2D eigenvalue weighted by Crippen LogP contribution is -2.64. The Balaban J connectivity index is 2.00. The van der Waals surface area contributed by atoms with Gasteiger partial charge in [-0.1, -0.05) is 12.1 Å². The lowest BCUT2D eigenvalue weighted by atomic mass is 9.72. The van der Waals surface area contributed by atoms with Crippen LogP contribution >= 0.6 is 0 Å². The quantitative estimate of drug-likeness (QED) is 0.901. The Hall–Kier alpha value is -1.09. The molecule has 0 amide bonds. The van der Waals surface area contributed by atoms with Gasteiger partial charge in [0, 0.05) is 11.1 Å². The zero-order chi connectivity index (χ0) is 15.7.